The van der Waals surface area contributed by atoms with Crippen LogP contribution in [0.25, 0.3) is 11.3 Å². The first-order valence-corrected chi connectivity index (χ1v) is 9.92. The van der Waals surface area contributed by atoms with Crippen LogP contribution in [0.5, 0.6) is 5.75 Å². The van der Waals surface area contributed by atoms with Crippen molar-refractivity contribution in [2.45, 2.75) is 0 Å². The molecule has 0 bridgehead atoms. The van der Waals surface area contributed by atoms with E-state index in [1.54, 1.807) is 36.4 Å². The highest BCUT2D eigenvalue weighted by molar-refractivity contribution is 9.11. The van der Waals surface area contributed by atoms with E-state index in [-0.39, 0.29) is 34.3 Å². The molecule has 4 N–H and O–H groups in total. The molecule has 9 nitrogen and oxygen atoms in total. The van der Waals surface area contributed by atoms with Crippen LogP contribution in [-0.2, 0) is 0 Å². The second-order valence-corrected chi connectivity index (χ2v) is 7.93. The van der Waals surface area contributed by atoms with E-state index in [0.29, 0.717) is 25.2 Å². The van der Waals surface area contributed by atoms with E-state index in [4.69, 9.17) is 22.1 Å². The zero-order valence-corrected chi connectivity index (χ0v) is 18.2. The van der Waals surface area contributed by atoms with Crippen LogP contribution in [0, 0.1) is 0 Å². The van der Waals surface area contributed by atoms with Gasteiger partial charge in [-0.05, 0) is 62.6 Å². The fraction of sp³-hybridized carbons (Fsp3) is 0. The number of nitrogens with one attached hydrogen (secondary N) is 1. The molecule has 2 aromatic carbocycles. The van der Waals surface area contributed by atoms with E-state index in [1.165, 1.54) is 0 Å². The van der Waals surface area contributed by atoms with Gasteiger partial charge in [0.15, 0.2) is 5.82 Å². The van der Waals surface area contributed by atoms with Gasteiger partial charge in [-0.2, -0.15) is 5.10 Å². The van der Waals surface area contributed by atoms with Crippen LogP contribution in [0.3, 0.4) is 0 Å². The number of aromatic hydroxyl groups is 1. The standard InChI is InChI=1S/C17H10Br2ClN7O2/c18-7-5-10(14(28)11(19)6-7)12(25-21)13-15(22-9-3-1-8(20)2-4-9)24-17-16(23-13)26-29-27-17/h1-6,28H,21H2,(H,22,24,27). The average molecular weight is 540 g/mol. The van der Waals surface area contributed by atoms with Gasteiger partial charge in [-0.25, -0.2) is 14.6 Å². The van der Waals surface area contributed by atoms with Crippen molar-refractivity contribution in [2.24, 2.45) is 10.9 Å². The number of hydrogen-bond donors (Lipinski definition) is 3. The van der Waals surface area contributed by atoms with E-state index in [1.807, 2.05) is 0 Å². The molecule has 0 unspecified atom stereocenters. The normalized spacial score (nSPS) is 11.8. The largest absolute Gasteiger partial charge is 0.506 e. The van der Waals surface area contributed by atoms with E-state index < -0.39 is 0 Å². The number of rotatable bonds is 4. The molecule has 0 radical (unpaired) electrons. The number of nitrogens with two attached hydrogens (primary N) is 1. The number of halogens is 3. The lowest BCUT2D eigenvalue weighted by atomic mass is 10.1. The first-order valence-electron chi connectivity index (χ1n) is 7.96. The van der Waals surface area contributed by atoms with Gasteiger partial charge in [0, 0.05) is 20.7 Å². The van der Waals surface area contributed by atoms with Gasteiger partial charge in [-0.15, -0.1) is 0 Å². The summed E-state index contributed by atoms with van der Waals surface area (Å²) in [6.07, 6.45) is 0. The van der Waals surface area contributed by atoms with E-state index in [2.05, 4.69) is 62.6 Å². The molecule has 0 amide bonds. The molecular formula is C17H10Br2ClN7O2. The number of phenols is 1. The number of anilines is 2. The van der Waals surface area contributed by atoms with Crippen LogP contribution >= 0.6 is 43.5 Å². The number of aromatic nitrogens is 4. The highest BCUT2D eigenvalue weighted by Crippen LogP contribution is 2.34. The molecule has 0 aliphatic heterocycles. The number of fused-ring (bicyclic) bond motifs is 1. The summed E-state index contributed by atoms with van der Waals surface area (Å²) in [6, 6.07) is 10.3. The number of nitrogens with zero attached hydrogens (tertiary/aromatic N) is 5. The van der Waals surface area contributed by atoms with Crippen LogP contribution < -0.4 is 11.2 Å². The Hall–Kier alpha value is -2.76. The Balaban J connectivity index is 1.90. The zero-order valence-electron chi connectivity index (χ0n) is 14.3. The summed E-state index contributed by atoms with van der Waals surface area (Å²) in [7, 11) is 0. The second kappa shape index (κ2) is 7.93. The number of benzene rings is 2. The van der Waals surface area contributed by atoms with Gasteiger partial charge in [0.05, 0.1) is 4.47 Å². The minimum atomic E-state index is -0.0602. The van der Waals surface area contributed by atoms with Crippen molar-refractivity contribution in [3.63, 3.8) is 0 Å². The summed E-state index contributed by atoms with van der Waals surface area (Å²) in [5, 5.41) is 25.6. The minimum Gasteiger partial charge on any atom is -0.506 e. The molecule has 0 aliphatic carbocycles. The topological polar surface area (TPSA) is 135 Å². The van der Waals surface area contributed by atoms with Crippen molar-refractivity contribution in [3.8, 4) is 5.75 Å². The van der Waals surface area contributed by atoms with Crippen molar-refractivity contribution in [3.05, 3.63) is 61.6 Å². The first kappa shape index (κ1) is 19.6. The third kappa shape index (κ3) is 3.88. The molecule has 4 aromatic rings. The van der Waals surface area contributed by atoms with Crippen molar-refractivity contribution < 1.29 is 9.74 Å². The molecule has 0 atom stereocenters. The molecule has 0 spiro atoms. The second-order valence-electron chi connectivity index (χ2n) is 5.73. The molecule has 0 fully saturated rings. The Morgan fingerprint density at radius 2 is 1.79 bits per heavy atom. The summed E-state index contributed by atoms with van der Waals surface area (Å²) >= 11 is 12.6. The van der Waals surface area contributed by atoms with Crippen LogP contribution in [0.4, 0.5) is 11.5 Å². The predicted octanol–water partition coefficient (Wildman–Crippen LogP) is 4.35. The van der Waals surface area contributed by atoms with Crippen molar-refractivity contribution in [1.82, 2.24) is 20.3 Å². The molecule has 2 heterocycles. The summed E-state index contributed by atoms with van der Waals surface area (Å²) in [6.45, 7) is 0. The Morgan fingerprint density at radius 3 is 2.48 bits per heavy atom. The maximum Gasteiger partial charge on any atom is 0.245 e. The maximum absolute atomic E-state index is 10.5. The molecule has 2 aromatic heterocycles. The molecule has 0 aliphatic rings. The Kier molecular flexibility index (Phi) is 5.35. The molecule has 0 saturated carbocycles. The minimum absolute atomic E-state index is 0.0602. The fourth-order valence-corrected chi connectivity index (χ4v) is 3.92. The van der Waals surface area contributed by atoms with Crippen molar-refractivity contribution >= 4 is 72.0 Å². The number of phenolic OH excluding ortho intramolecular Hbond substituents is 1. The molecule has 29 heavy (non-hydrogen) atoms. The van der Waals surface area contributed by atoms with Gasteiger partial charge in [0.25, 0.3) is 0 Å². The molecule has 4 rings (SSSR count). The maximum atomic E-state index is 10.5. The molecule has 0 saturated heterocycles. The van der Waals surface area contributed by atoms with Gasteiger partial charge in [-0.1, -0.05) is 27.5 Å². The van der Waals surface area contributed by atoms with Gasteiger partial charge in [0.2, 0.25) is 11.3 Å². The quantitative estimate of drug-likeness (QED) is 0.198. The highest BCUT2D eigenvalue weighted by Gasteiger charge is 2.23. The van der Waals surface area contributed by atoms with E-state index in [9.17, 15) is 5.11 Å². The van der Waals surface area contributed by atoms with Crippen LogP contribution in [-0.4, -0.2) is 31.1 Å². The lowest BCUT2D eigenvalue weighted by Gasteiger charge is -2.13. The lowest BCUT2D eigenvalue weighted by molar-refractivity contribution is 0.314. The monoisotopic (exact) mass is 537 g/mol. The summed E-state index contributed by atoms with van der Waals surface area (Å²) in [5.74, 6) is 5.91. The third-order valence-corrected chi connectivity index (χ3v) is 5.17. The number of hydrazone groups is 1. The molecule has 146 valence electrons. The fourth-order valence-electron chi connectivity index (χ4n) is 2.56. The van der Waals surface area contributed by atoms with Crippen molar-refractivity contribution in [1.29, 1.82) is 0 Å². The van der Waals surface area contributed by atoms with Crippen molar-refractivity contribution in [2.75, 3.05) is 5.32 Å². The van der Waals surface area contributed by atoms with Gasteiger partial charge < -0.3 is 16.3 Å². The van der Waals surface area contributed by atoms with Gasteiger partial charge in [-0.3, -0.25) is 0 Å². The Labute approximate surface area is 185 Å². The predicted molar refractivity (Wildman–Crippen MR) is 115 cm³/mol. The lowest BCUT2D eigenvalue weighted by Crippen LogP contribution is -2.14. The van der Waals surface area contributed by atoms with E-state index in [0.717, 1.165) is 0 Å². The number of hydrogen-bond acceptors (Lipinski definition) is 9. The zero-order chi connectivity index (χ0) is 20.5. The Morgan fingerprint density at radius 1 is 1.10 bits per heavy atom. The van der Waals surface area contributed by atoms with Crippen LogP contribution in [0.1, 0.15) is 11.3 Å². The third-order valence-electron chi connectivity index (χ3n) is 3.86. The summed E-state index contributed by atoms with van der Waals surface area (Å²) < 4.78 is 5.86. The Bertz CT molecular complexity index is 1240. The van der Waals surface area contributed by atoms with Gasteiger partial charge >= 0.3 is 0 Å². The van der Waals surface area contributed by atoms with Crippen LogP contribution in [0.2, 0.25) is 5.02 Å². The van der Waals surface area contributed by atoms with Crippen LogP contribution in [0.15, 0.2) is 55.1 Å². The average Bonchev–Trinajstić information content (AvgIpc) is 3.15. The van der Waals surface area contributed by atoms with E-state index >= 15 is 0 Å². The molecule has 12 heteroatoms. The summed E-state index contributed by atoms with van der Waals surface area (Å²) in [4.78, 5) is 8.83. The van der Waals surface area contributed by atoms with Gasteiger partial charge in [0.1, 0.15) is 17.2 Å². The smallest absolute Gasteiger partial charge is 0.245 e. The first-order chi connectivity index (χ1) is 14.0. The SMILES string of the molecule is NN=C(c1cc(Br)cc(Br)c1O)c1nc2nonc2nc1Nc1ccc(Cl)cc1. The molecular weight excluding hydrogens is 529 g/mol. The summed E-state index contributed by atoms with van der Waals surface area (Å²) in [5.41, 5.74) is 1.80. The highest BCUT2D eigenvalue weighted by atomic mass is 79.9.